The van der Waals surface area contributed by atoms with Gasteiger partial charge in [-0.05, 0) is 30.5 Å². The molecule has 10 nitrogen and oxygen atoms in total. The van der Waals surface area contributed by atoms with E-state index in [0.29, 0.717) is 18.4 Å². The summed E-state index contributed by atoms with van der Waals surface area (Å²) in [4.78, 5) is 16.4. The Morgan fingerprint density at radius 2 is 2.15 bits per heavy atom. The van der Waals surface area contributed by atoms with Crippen LogP contribution in [0.15, 0.2) is 41.8 Å². The number of nitrogens with one attached hydrogen (secondary N) is 1. The molecule has 1 aromatic heterocycles. The third-order valence-electron chi connectivity index (χ3n) is 5.98. The molecule has 0 aliphatic carbocycles. The molecular formula is C22H29FN4O6S. The minimum absolute atomic E-state index is 0.0282. The van der Waals surface area contributed by atoms with E-state index in [1.54, 1.807) is 23.7 Å². The van der Waals surface area contributed by atoms with Gasteiger partial charge in [0.2, 0.25) is 5.91 Å². The van der Waals surface area contributed by atoms with Crippen LogP contribution >= 0.6 is 0 Å². The molecule has 186 valence electrons. The second-order valence-electron chi connectivity index (χ2n) is 8.70. The third kappa shape index (κ3) is 5.81. The molecule has 4 atom stereocenters. The van der Waals surface area contributed by atoms with Gasteiger partial charge in [-0.15, -0.1) is 0 Å². The van der Waals surface area contributed by atoms with Gasteiger partial charge in [0.15, 0.2) is 5.03 Å². The fraction of sp³-hybridized carbons (Fsp3) is 0.545. The number of aryl methyl sites for hydroxylation is 1. The molecule has 2 aliphatic heterocycles. The van der Waals surface area contributed by atoms with E-state index < -0.39 is 34.4 Å². The monoisotopic (exact) mass is 496 g/mol. The molecule has 2 saturated heterocycles. The molecule has 2 aliphatic rings. The van der Waals surface area contributed by atoms with Crippen LogP contribution in [-0.4, -0.2) is 77.4 Å². The van der Waals surface area contributed by atoms with Crippen molar-refractivity contribution < 1.29 is 32.2 Å². The molecule has 1 amide bonds. The SMILES string of the molecule is Cn1cnc(S(=O)(=O)N2C[C@H](O)COC[C@H]3O[C@@H](CC(=O)NCc4cccc(F)c4)CC[C@@H]32)c1. The van der Waals surface area contributed by atoms with Gasteiger partial charge < -0.3 is 24.5 Å². The van der Waals surface area contributed by atoms with Gasteiger partial charge in [-0.25, -0.2) is 17.8 Å². The maximum Gasteiger partial charge on any atom is 0.262 e. The van der Waals surface area contributed by atoms with Gasteiger partial charge in [0.05, 0.1) is 50.3 Å². The Morgan fingerprint density at radius 3 is 2.88 bits per heavy atom. The highest BCUT2D eigenvalue weighted by molar-refractivity contribution is 7.89. The lowest BCUT2D eigenvalue weighted by atomic mass is 9.96. The molecule has 2 aromatic rings. The van der Waals surface area contributed by atoms with Gasteiger partial charge in [-0.1, -0.05) is 12.1 Å². The highest BCUT2D eigenvalue weighted by Crippen LogP contribution is 2.31. The van der Waals surface area contributed by atoms with Crippen molar-refractivity contribution in [2.45, 2.75) is 55.2 Å². The summed E-state index contributed by atoms with van der Waals surface area (Å²) in [5, 5.41) is 12.9. The summed E-state index contributed by atoms with van der Waals surface area (Å²) in [6.45, 7) is 0.131. The van der Waals surface area contributed by atoms with Crippen LogP contribution in [0.1, 0.15) is 24.8 Å². The molecule has 2 fully saturated rings. The standard InChI is InChI=1S/C22H29FN4O6S/c1-26-11-22(25-14-26)34(30,31)27-10-17(28)12-32-13-20-19(27)6-5-18(33-20)8-21(29)24-9-15-3-2-4-16(23)7-15/h2-4,7,11,14,17-20,28H,5-6,8-10,12-13H2,1H3,(H,24,29)/t17-,18+,19-,20+/m0/s1. The second kappa shape index (κ2) is 10.5. The van der Waals surface area contributed by atoms with Crippen LogP contribution in [0.25, 0.3) is 0 Å². The number of fused-ring (bicyclic) bond motifs is 1. The number of aliphatic hydroxyl groups excluding tert-OH is 1. The van der Waals surface area contributed by atoms with E-state index in [2.05, 4.69) is 10.3 Å². The maximum absolute atomic E-state index is 13.3. The van der Waals surface area contributed by atoms with E-state index >= 15 is 0 Å². The fourth-order valence-corrected chi connectivity index (χ4v) is 6.03. The number of benzene rings is 1. The summed E-state index contributed by atoms with van der Waals surface area (Å²) in [5.74, 6) is -0.610. The lowest BCUT2D eigenvalue weighted by Gasteiger charge is -2.43. The lowest BCUT2D eigenvalue weighted by molar-refractivity contribution is -0.146. The van der Waals surface area contributed by atoms with Crippen molar-refractivity contribution in [2.24, 2.45) is 7.05 Å². The third-order valence-corrected chi connectivity index (χ3v) is 7.76. The fourth-order valence-electron chi connectivity index (χ4n) is 4.34. The Balaban J connectivity index is 1.41. The first-order valence-corrected chi connectivity index (χ1v) is 12.6. The van der Waals surface area contributed by atoms with Gasteiger partial charge in [-0.2, -0.15) is 4.31 Å². The largest absolute Gasteiger partial charge is 0.389 e. The quantitative estimate of drug-likeness (QED) is 0.599. The van der Waals surface area contributed by atoms with E-state index in [4.69, 9.17) is 9.47 Å². The van der Waals surface area contributed by atoms with Crippen molar-refractivity contribution in [1.29, 1.82) is 0 Å². The number of hydrogen-bond donors (Lipinski definition) is 2. The van der Waals surface area contributed by atoms with Crippen molar-refractivity contribution in [3.05, 3.63) is 48.2 Å². The molecule has 0 saturated carbocycles. The van der Waals surface area contributed by atoms with Gasteiger partial charge in [0, 0.05) is 26.3 Å². The van der Waals surface area contributed by atoms with Crippen molar-refractivity contribution in [3.63, 3.8) is 0 Å². The molecule has 0 radical (unpaired) electrons. The summed E-state index contributed by atoms with van der Waals surface area (Å²) in [7, 11) is -2.29. The Labute approximate surface area is 197 Å². The summed E-state index contributed by atoms with van der Waals surface area (Å²) in [5.41, 5.74) is 0.653. The molecule has 0 bridgehead atoms. The van der Waals surface area contributed by atoms with E-state index in [-0.39, 0.29) is 49.5 Å². The first-order valence-electron chi connectivity index (χ1n) is 11.1. The Bertz CT molecular complexity index is 1110. The molecule has 4 rings (SSSR count). The molecule has 12 heteroatoms. The number of aromatic nitrogens is 2. The minimum atomic E-state index is -3.97. The number of carbonyl (C=O) groups excluding carboxylic acids is 1. The van der Waals surface area contributed by atoms with Crippen LogP contribution in [0.5, 0.6) is 0 Å². The van der Waals surface area contributed by atoms with E-state index in [9.17, 15) is 22.7 Å². The Morgan fingerprint density at radius 1 is 1.32 bits per heavy atom. The van der Waals surface area contributed by atoms with E-state index in [0.717, 1.165) is 0 Å². The van der Waals surface area contributed by atoms with Crippen molar-refractivity contribution in [3.8, 4) is 0 Å². The predicted octanol–water partition coefficient (Wildman–Crippen LogP) is 0.564. The summed E-state index contributed by atoms with van der Waals surface area (Å²) in [6.07, 6.45) is 1.82. The number of aliphatic hydroxyl groups is 1. The summed E-state index contributed by atoms with van der Waals surface area (Å²) in [6, 6.07) is 5.44. The Hall–Kier alpha value is -2.38. The molecular weight excluding hydrogens is 467 g/mol. The minimum Gasteiger partial charge on any atom is -0.389 e. The molecule has 2 N–H and O–H groups in total. The lowest BCUT2D eigenvalue weighted by Crippen LogP contribution is -2.57. The number of nitrogens with zero attached hydrogens (tertiary/aromatic N) is 3. The van der Waals surface area contributed by atoms with Gasteiger partial charge in [0.1, 0.15) is 5.82 Å². The van der Waals surface area contributed by atoms with Crippen LogP contribution in [0.3, 0.4) is 0 Å². The van der Waals surface area contributed by atoms with Crippen molar-refractivity contribution >= 4 is 15.9 Å². The van der Waals surface area contributed by atoms with Crippen molar-refractivity contribution in [1.82, 2.24) is 19.2 Å². The first kappa shape index (κ1) is 24.7. The number of ether oxygens (including phenoxy) is 2. The average Bonchev–Trinajstić information content (AvgIpc) is 3.22. The highest BCUT2D eigenvalue weighted by atomic mass is 32.2. The van der Waals surface area contributed by atoms with E-state index in [1.807, 2.05) is 0 Å². The second-order valence-corrected chi connectivity index (χ2v) is 10.5. The van der Waals surface area contributed by atoms with E-state index in [1.165, 1.54) is 29.0 Å². The van der Waals surface area contributed by atoms with Gasteiger partial charge >= 0.3 is 0 Å². The molecule has 34 heavy (non-hydrogen) atoms. The maximum atomic E-state index is 13.3. The average molecular weight is 497 g/mol. The number of amides is 1. The highest BCUT2D eigenvalue weighted by Gasteiger charge is 2.43. The number of carbonyl (C=O) groups is 1. The first-order chi connectivity index (χ1) is 16.2. The van der Waals surface area contributed by atoms with Crippen molar-refractivity contribution in [2.75, 3.05) is 19.8 Å². The van der Waals surface area contributed by atoms with Crippen LogP contribution in [0, 0.1) is 5.82 Å². The number of halogens is 1. The zero-order valence-electron chi connectivity index (χ0n) is 18.8. The molecule has 3 heterocycles. The van der Waals surface area contributed by atoms with Gasteiger partial charge in [0.25, 0.3) is 10.0 Å². The van der Waals surface area contributed by atoms with Crippen LogP contribution < -0.4 is 5.32 Å². The topological polar surface area (TPSA) is 123 Å². The zero-order valence-corrected chi connectivity index (χ0v) is 19.7. The number of sulfonamides is 1. The van der Waals surface area contributed by atoms with Crippen LogP contribution in [-0.2, 0) is 37.9 Å². The van der Waals surface area contributed by atoms with Crippen LogP contribution in [0.2, 0.25) is 0 Å². The van der Waals surface area contributed by atoms with Gasteiger partial charge in [-0.3, -0.25) is 4.79 Å². The number of imidazole rings is 1. The normalized spacial score (nSPS) is 26.3. The number of rotatable bonds is 6. The smallest absolute Gasteiger partial charge is 0.262 e. The molecule has 0 unspecified atom stereocenters. The Kier molecular flexibility index (Phi) is 7.63. The predicted molar refractivity (Wildman–Crippen MR) is 118 cm³/mol. The number of β-amino-alcohol motifs (C(OH)–C–C–N with tert-alkyl or cyclic N) is 1. The van der Waals surface area contributed by atoms with Crippen LogP contribution in [0.4, 0.5) is 4.39 Å². The molecule has 1 aromatic carbocycles. The zero-order chi connectivity index (χ0) is 24.3. The molecule has 0 spiro atoms. The summed E-state index contributed by atoms with van der Waals surface area (Å²) < 4.78 is 54.4. The number of hydrogen-bond acceptors (Lipinski definition) is 7. The summed E-state index contributed by atoms with van der Waals surface area (Å²) >= 11 is 0.